The second kappa shape index (κ2) is 6.82. The van der Waals surface area contributed by atoms with Crippen LogP contribution in [-0.2, 0) is 0 Å². The number of fused-ring (bicyclic) bond motifs is 3. The summed E-state index contributed by atoms with van der Waals surface area (Å²) in [5.41, 5.74) is 3.41. The fraction of sp³-hybridized carbons (Fsp3) is 0.286. The summed E-state index contributed by atoms with van der Waals surface area (Å²) < 4.78 is 1.82. The van der Waals surface area contributed by atoms with Crippen molar-refractivity contribution in [2.24, 2.45) is 0 Å². The van der Waals surface area contributed by atoms with E-state index >= 15 is 0 Å². The number of para-hydroxylation sites is 1. The number of hydrogen-bond acceptors (Lipinski definition) is 4. The molecule has 2 aromatic heterocycles. The maximum absolute atomic E-state index is 6.18. The van der Waals surface area contributed by atoms with Crippen molar-refractivity contribution in [3.63, 3.8) is 0 Å². The van der Waals surface area contributed by atoms with Crippen molar-refractivity contribution < 1.29 is 0 Å². The topological polar surface area (TPSA) is 55.1 Å². The van der Waals surface area contributed by atoms with Crippen LogP contribution in [0.5, 0.6) is 0 Å². The average molecular weight is 378 g/mol. The first-order valence-corrected chi connectivity index (χ1v) is 9.84. The van der Waals surface area contributed by atoms with Crippen LogP contribution in [0.25, 0.3) is 27.8 Å². The van der Waals surface area contributed by atoms with Crippen molar-refractivity contribution in [3.8, 4) is 11.3 Å². The third kappa shape index (κ3) is 3.02. The summed E-state index contributed by atoms with van der Waals surface area (Å²) in [6.07, 6.45) is 6.27. The van der Waals surface area contributed by atoms with E-state index < -0.39 is 0 Å². The summed E-state index contributed by atoms with van der Waals surface area (Å²) in [5.74, 6) is 0.913. The molecule has 1 saturated carbocycles. The van der Waals surface area contributed by atoms with Crippen LogP contribution in [0, 0.1) is 0 Å². The van der Waals surface area contributed by atoms with Crippen molar-refractivity contribution >= 4 is 34.0 Å². The minimum Gasteiger partial charge on any atom is -0.367 e. The Labute approximate surface area is 162 Å². The molecule has 1 fully saturated rings. The molecule has 136 valence electrons. The molecule has 5 rings (SSSR count). The van der Waals surface area contributed by atoms with E-state index in [0.29, 0.717) is 11.1 Å². The lowest BCUT2D eigenvalue weighted by molar-refractivity contribution is 0.462. The Morgan fingerprint density at radius 3 is 2.70 bits per heavy atom. The number of hydrogen-bond donors (Lipinski definition) is 1. The van der Waals surface area contributed by atoms with Crippen LogP contribution < -0.4 is 5.32 Å². The van der Waals surface area contributed by atoms with Gasteiger partial charge in [0.1, 0.15) is 11.5 Å². The van der Waals surface area contributed by atoms with Crippen LogP contribution in [0.3, 0.4) is 0 Å². The summed E-state index contributed by atoms with van der Waals surface area (Å²) >= 11 is 6.18. The van der Waals surface area contributed by atoms with Gasteiger partial charge in [-0.3, -0.25) is 0 Å². The van der Waals surface area contributed by atoms with Crippen LogP contribution in [0.4, 0.5) is 5.82 Å². The Balaban J connectivity index is 1.69. The van der Waals surface area contributed by atoms with Crippen molar-refractivity contribution in [2.45, 2.75) is 38.1 Å². The van der Waals surface area contributed by atoms with E-state index in [9.17, 15) is 0 Å². The minimum atomic E-state index is 0.475. The first-order valence-electron chi connectivity index (χ1n) is 9.46. The van der Waals surface area contributed by atoms with E-state index in [-0.39, 0.29) is 0 Å². The van der Waals surface area contributed by atoms with Gasteiger partial charge >= 0.3 is 0 Å². The van der Waals surface area contributed by atoms with Crippen LogP contribution in [0.15, 0.2) is 48.5 Å². The van der Waals surface area contributed by atoms with E-state index in [1.165, 1.54) is 32.1 Å². The quantitative estimate of drug-likeness (QED) is 0.523. The SMILES string of the molecule is Clc1cccc(-c2nnn3c2nc(NC2CCCCC2)c2ccccc23)c1. The molecule has 0 bridgehead atoms. The highest BCUT2D eigenvalue weighted by Gasteiger charge is 2.19. The normalized spacial score (nSPS) is 15.4. The molecule has 1 aliphatic carbocycles. The third-order valence-corrected chi connectivity index (χ3v) is 5.53. The zero-order valence-corrected chi connectivity index (χ0v) is 15.7. The van der Waals surface area contributed by atoms with Crippen molar-refractivity contribution in [1.29, 1.82) is 0 Å². The number of rotatable bonds is 3. The van der Waals surface area contributed by atoms with Gasteiger partial charge in [0.25, 0.3) is 0 Å². The Hall–Kier alpha value is -2.66. The highest BCUT2D eigenvalue weighted by molar-refractivity contribution is 6.30. The largest absolute Gasteiger partial charge is 0.367 e. The van der Waals surface area contributed by atoms with Gasteiger partial charge < -0.3 is 5.32 Å². The van der Waals surface area contributed by atoms with Gasteiger partial charge in [-0.05, 0) is 37.1 Å². The third-order valence-electron chi connectivity index (χ3n) is 5.30. The smallest absolute Gasteiger partial charge is 0.186 e. The van der Waals surface area contributed by atoms with Gasteiger partial charge in [0, 0.05) is 22.0 Å². The lowest BCUT2D eigenvalue weighted by Crippen LogP contribution is -2.23. The van der Waals surface area contributed by atoms with Gasteiger partial charge in [0.05, 0.1) is 5.52 Å². The van der Waals surface area contributed by atoms with E-state index in [2.05, 4.69) is 27.8 Å². The lowest BCUT2D eigenvalue weighted by Gasteiger charge is -2.24. The second-order valence-electron chi connectivity index (χ2n) is 7.14. The van der Waals surface area contributed by atoms with E-state index in [1.807, 2.05) is 40.9 Å². The summed E-state index contributed by atoms with van der Waals surface area (Å²) in [4.78, 5) is 4.95. The molecule has 0 radical (unpaired) electrons. The summed E-state index contributed by atoms with van der Waals surface area (Å²) in [5, 5.41) is 14.2. The van der Waals surface area contributed by atoms with Crippen LogP contribution in [-0.4, -0.2) is 25.9 Å². The van der Waals surface area contributed by atoms with E-state index in [0.717, 1.165) is 33.6 Å². The minimum absolute atomic E-state index is 0.475. The molecule has 0 aliphatic heterocycles. The Morgan fingerprint density at radius 1 is 1.00 bits per heavy atom. The monoisotopic (exact) mass is 377 g/mol. The van der Waals surface area contributed by atoms with E-state index in [1.54, 1.807) is 0 Å². The standard InChI is InChI=1S/C21H20ClN5/c22-15-8-6-7-14(13-15)19-21-24-20(23-16-9-2-1-3-10-16)17-11-4-5-12-18(17)27(21)26-25-19/h4-8,11-13,16H,1-3,9-10H2,(H,23,24). The molecule has 27 heavy (non-hydrogen) atoms. The molecule has 0 spiro atoms. The lowest BCUT2D eigenvalue weighted by atomic mass is 9.95. The zero-order chi connectivity index (χ0) is 18.2. The number of halogens is 1. The summed E-state index contributed by atoms with van der Waals surface area (Å²) in [6.45, 7) is 0. The Kier molecular flexibility index (Phi) is 4.17. The molecule has 0 atom stereocenters. The predicted molar refractivity (Wildman–Crippen MR) is 109 cm³/mol. The Bertz CT molecular complexity index is 1110. The molecule has 0 unspecified atom stereocenters. The van der Waals surface area contributed by atoms with Crippen molar-refractivity contribution in [3.05, 3.63) is 53.6 Å². The number of nitrogens with zero attached hydrogens (tertiary/aromatic N) is 4. The molecule has 0 saturated heterocycles. The van der Waals surface area contributed by atoms with Crippen LogP contribution in [0.1, 0.15) is 32.1 Å². The molecule has 2 aromatic carbocycles. The number of benzene rings is 2. The molecule has 0 amide bonds. The van der Waals surface area contributed by atoms with Gasteiger partial charge in [-0.2, -0.15) is 4.52 Å². The molecular formula is C21H20ClN5. The fourth-order valence-corrected chi connectivity index (χ4v) is 4.13. The summed E-state index contributed by atoms with van der Waals surface area (Å²) in [6, 6.07) is 16.4. The van der Waals surface area contributed by atoms with Crippen molar-refractivity contribution in [2.75, 3.05) is 5.32 Å². The second-order valence-corrected chi connectivity index (χ2v) is 7.58. The molecule has 6 heteroatoms. The predicted octanol–water partition coefficient (Wildman–Crippen LogP) is 5.34. The first-order chi connectivity index (χ1) is 13.3. The first kappa shape index (κ1) is 16.5. The van der Waals surface area contributed by atoms with Crippen LogP contribution >= 0.6 is 11.6 Å². The molecule has 1 aliphatic rings. The molecule has 1 N–H and O–H groups in total. The van der Waals surface area contributed by atoms with Crippen molar-refractivity contribution in [1.82, 2.24) is 19.8 Å². The van der Waals surface area contributed by atoms with Gasteiger partial charge in [0.2, 0.25) is 0 Å². The number of aromatic nitrogens is 4. The van der Waals surface area contributed by atoms with Gasteiger partial charge in [-0.1, -0.05) is 60.3 Å². The van der Waals surface area contributed by atoms with Gasteiger partial charge in [-0.25, -0.2) is 4.98 Å². The average Bonchev–Trinajstić information content (AvgIpc) is 3.13. The summed E-state index contributed by atoms with van der Waals surface area (Å²) in [7, 11) is 0. The molecular weight excluding hydrogens is 358 g/mol. The maximum Gasteiger partial charge on any atom is 0.186 e. The maximum atomic E-state index is 6.18. The Morgan fingerprint density at radius 2 is 1.85 bits per heavy atom. The number of nitrogens with one attached hydrogen (secondary N) is 1. The van der Waals surface area contributed by atoms with Gasteiger partial charge in [-0.15, -0.1) is 5.10 Å². The molecule has 4 aromatic rings. The van der Waals surface area contributed by atoms with Gasteiger partial charge in [0.15, 0.2) is 5.65 Å². The highest BCUT2D eigenvalue weighted by Crippen LogP contribution is 2.30. The molecule has 5 nitrogen and oxygen atoms in total. The highest BCUT2D eigenvalue weighted by atomic mass is 35.5. The van der Waals surface area contributed by atoms with Crippen LogP contribution in [0.2, 0.25) is 5.02 Å². The fourth-order valence-electron chi connectivity index (χ4n) is 3.94. The molecule has 2 heterocycles. The zero-order valence-electron chi connectivity index (χ0n) is 14.9. The number of anilines is 1. The van der Waals surface area contributed by atoms with E-state index in [4.69, 9.17) is 16.6 Å².